The van der Waals surface area contributed by atoms with Gasteiger partial charge in [-0.2, -0.15) is 0 Å². The number of amides is 1. The lowest BCUT2D eigenvalue weighted by molar-refractivity contribution is -0.113. The first-order valence-electron chi connectivity index (χ1n) is 12.2. The Balaban J connectivity index is 1.51. The van der Waals surface area contributed by atoms with Crippen LogP contribution in [0.5, 0.6) is 5.75 Å². The lowest BCUT2D eigenvalue weighted by Gasteiger charge is -2.16. The van der Waals surface area contributed by atoms with Gasteiger partial charge in [-0.3, -0.25) is 9.69 Å². The summed E-state index contributed by atoms with van der Waals surface area (Å²) in [5, 5.41) is 2.73. The van der Waals surface area contributed by atoms with Crippen LogP contribution >= 0.6 is 58.2 Å². The van der Waals surface area contributed by atoms with Crippen LogP contribution in [0.2, 0.25) is 20.1 Å². The van der Waals surface area contributed by atoms with Gasteiger partial charge in [0.2, 0.25) is 0 Å². The van der Waals surface area contributed by atoms with E-state index < -0.39 is 0 Å². The molecule has 0 bridgehead atoms. The van der Waals surface area contributed by atoms with E-state index in [9.17, 15) is 4.79 Å². The maximum Gasteiger partial charge on any atom is 0.271 e. The molecule has 202 valence electrons. The zero-order valence-corrected chi connectivity index (χ0v) is 25.3. The van der Waals surface area contributed by atoms with Crippen LogP contribution in [-0.2, 0) is 11.4 Å². The second-order valence-electron chi connectivity index (χ2n) is 9.07. The molecule has 1 amide bonds. The van der Waals surface area contributed by atoms with Crippen molar-refractivity contribution in [2.24, 2.45) is 4.99 Å². The summed E-state index contributed by atoms with van der Waals surface area (Å²) in [6.07, 6.45) is 1.80. The summed E-state index contributed by atoms with van der Waals surface area (Å²) in [7, 11) is 0. The first-order valence-corrected chi connectivity index (χ1v) is 14.5. The average Bonchev–Trinajstić information content (AvgIpc) is 3.22. The van der Waals surface area contributed by atoms with Gasteiger partial charge in [0.25, 0.3) is 5.91 Å². The van der Waals surface area contributed by atoms with Gasteiger partial charge in [0.15, 0.2) is 5.17 Å². The molecule has 1 heterocycles. The molecule has 0 spiro atoms. The first kappa shape index (κ1) is 28.6. The van der Waals surface area contributed by atoms with Crippen molar-refractivity contribution in [1.29, 1.82) is 0 Å². The van der Waals surface area contributed by atoms with Gasteiger partial charge in [-0.15, -0.1) is 0 Å². The van der Waals surface area contributed by atoms with Crippen LogP contribution in [0.3, 0.4) is 0 Å². The number of ether oxygens (including phenoxy) is 1. The molecule has 1 fully saturated rings. The number of benzene rings is 4. The molecule has 4 aromatic carbocycles. The Bertz CT molecular complexity index is 1690. The highest BCUT2D eigenvalue weighted by Gasteiger charge is 2.35. The van der Waals surface area contributed by atoms with Gasteiger partial charge in [0.1, 0.15) is 12.4 Å². The number of hydrogen-bond acceptors (Lipinski definition) is 4. The molecule has 0 N–H and O–H groups in total. The summed E-state index contributed by atoms with van der Waals surface area (Å²) in [5.74, 6) is 0.382. The Morgan fingerprint density at radius 3 is 2.30 bits per heavy atom. The average molecular weight is 628 g/mol. The predicted molar refractivity (Wildman–Crippen MR) is 170 cm³/mol. The van der Waals surface area contributed by atoms with Crippen molar-refractivity contribution < 1.29 is 9.53 Å². The molecule has 0 unspecified atom stereocenters. The van der Waals surface area contributed by atoms with Crippen LogP contribution in [0.15, 0.2) is 88.8 Å². The molecular formula is C31H22Cl4N2O2S. The van der Waals surface area contributed by atoms with Crippen LogP contribution in [0.4, 0.5) is 11.4 Å². The molecule has 9 heteroatoms. The summed E-state index contributed by atoms with van der Waals surface area (Å²) in [6.45, 7) is 4.08. The van der Waals surface area contributed by atoms with E-state index in [4.69, 9.17) is 56.1 Å². The molecule has 0 atom stereocenters. The van der Waals surface area contributed by atoms with Crippen molar-refractivity contribution in [3.8, 4) is 5.75 Å². The Kier molecular flexibility index (Phi) is 8.79. The van der Waals surface area contributed by atoms with Gasteiger partial charge in [0, 0.05) is 31.2 Å². The largest absolute Gasteiger partial charge is 0.488 e. The van der Waals surface area contributed by atoms with Crippen molar-refractivity contribution in [2.45, 2.75) is 20.5 Å². The first-order chi connectivity index (χ1) is 19.2. The number of aliphatic imine (C=N–C) groups is 1. The maximum atomic E-state index is 13.8. The number of anilines is 1. The van der Waals surface area contributed by atoms with Crippen LogP contribution in [0, 0.1) is 13.8 Å². The van der Waals surface area contributed by atoms with Crippen LogP contribution in [-0.4, -0.2) is 11.1 Å². The number of hydrogen-bond donors (Lipinski definition) is 0. The number of carbonyl (C=O) groups is 1. The van der Waals surface area contributed by atoms with Crippen molar-refractivity contribution >= 4 is 86.7 Å². The van der Waals surface area contributed by atoms with Gasteiger partial charge in [-0.1, -0.05) is 82.8 Å². The summed E-state index contributed by atoms with van der Waals surface area (Å²) in [4.78, 5) is 20.6. The molecule has 0 saturated carbocycles. The Morgan fingerprint density at radius 1 is 0.850 bits per heavy atom. The standard InChI is InChI=1S/C31H22Cl4N2O2S/c1-18-7-11-23(15-25(18)33)36-31-37(24-12-8-19(2)26(34)16-24)30(38)29(40-31)13-20-5-3-4-6-28(20)39-17-21-9-10-22(32)14-27(21)35/h3-16H,17H2,1-2H3/b29-13+,36-31?. The van der Waals surface area contributed by atoms with E-state index in [1.54, 1.807) is 35.2 Å². The van der Waals surface area contributed by atoms with Crippen LogP contribution in [0.25, 0.3) is 6.08 Å². The fraction of sp³-hybridized carbons (Fsp3) is 0.0968. The van der Waals surface area contributed by atoms with Gasteiger partial charge >= 0.3 is 0 Å². The number of rotatable bonds is 6. The molecule has 5 rings (SSSR count). The lowest BCUT2D eigenvalue weighted by Crippen LogP contribution is -2.28. The predicted octanol–water partition coefficient (Wildman–Crippen LogP) is 10.3. The zero-order chi connectivity index (χ0) is 28.4. The number of carbonyl (C=O) groups excluding carboxylic acids is 1. The second kappa shape index (κ2) is 12.3. The summed E-state index contributed by atoms with van der Waals surface area (Å²) >= 11 is 26.4. The Labute approximate surface area is 257 Å². The van der Waals surface area contributed by atoms with Gasteiger partial charge in [-0.25, -0.2) is 4.99 Å². The molecule has 40 heavy (non-hydrogen) atoms. The Hall–Kier alpha value is -2.93. The number of amidine groups is 1. The molecular weight excluding hydrogens is 606 g/mol. The molecule has 0 aliphatic carbocycles. The molecule has 4 aromatic rings. The van der Waals surface area contributed by atoms with Gasteiger partial charge in [-0.05, 0) is 85.3 Å². The monoisotopic (exact) mass is 626 g/mol. The minimum Gasteiger partial charge on any atom is -0.488 e. The minimum atomic E-state index is -0.225. The van der Waals surface area contributed by atoms with E-state index in [2.05, 4.69) is 0 Å². The highest BCUT2D eigenvalue weighted by atomic mass is 35.5. The zero-order valence-electron chi connectivity index (χ0n) is 21.4. The van der Waals surface area contributed by atoms with Crippen LogP contribution < -0.4 is 9.64 Å². The van der Waals surface area contributed by atoms with Crippen molar-refractivity contribution in [3.05, 3.63) is 126 Å². The number of nitrogens with zero attached hydrogens (tertiary/aromatic N) is 2. The molecule has 1 aliphatic rings. The van der Waals surface area contributed by atoms with E-state index >= 15 is 0 Å². The second-order valence-corrected chi connectivity index (χ2v) is 11.7. The molecule has 4 nitrogen and oxygen atoms in total. The molecule has 1 saturated heterocycles. The fourth-order valence-corrected chi connectivity index (χ4v) is 5.73. The van der Waals surface area contributed by atoms with E-state index in [1.807, 2.05) is 68.4 Å². The minimum absolute atomic E-state index is 0.225. The lowest BCUT2D eigenvalue weighted by atomic mass is 10.1. The topological polar surface area (TPSA) is 41.9 Å². The molecule has 0 radical (unpaired) electrons. The number of thioether (sulfide) groups is 1. The highest BCUT2D eigenvalue weighted by Crippen LogP contribution is 2.40. The van der Waals surface area contributed by atoms with Crippen molar-refractivity contribution in [2.75, 3.05) is 4.90 Å². The van der Waals surface area contributed by atoms with E-state index in [1.165, 1.54) is 11.8 Å². The van der Waals surface area contributed by atoms with Crippen molar-refractivity contribution in [3.63, 3.8) is 0 Å². The number of halogens is 4. The van der Waals surface area contributed by atoms with Crippen LogP contribution in [0.1, 0.15) is 22.3 Å². The SMILES string of the molecule is Cc1ccc(N=C2S/C(=C/c3ccccc3OCc3ccc(Cl)cc3Cl)C(=O)N2c2ccc(C)c(Cl)c2)cc1Cl. The fourth-order valence-electron chi connectivity index (χ4n) is 3.93. The normalized spacial score (nSPS) is 15.3. The molecule has 0 aromatic heterocycles. The number of para-hydroxylation sites is 1. The smallest absolute Gasteiger partial charge is 0.271 e. The summed E-state index contributed by atoms with van der Waals surface area (Å²) in [5.41, 5.74) is 4.66. The number of aryl methyl sites for hydroxylation is 2. The summed E-state index contributed by atoms with van der Waals surface area (Å²) < 4.78 is 6.11. The van der Waals surface area contributed by atoms with Gasteiger partial charge in [0.05, 0.1) is 16.3 Å². The van der Waals surface area contributed by atoms with E-state index in [-0.39, 0.29) is 12.5 Å². The van der Waals surface area contributed by atoms with Crippen molar-refractivity contribution in [1.82, 2.24) is 0 Å². The summed E-state index contributed by atoms with van der Waals surface area (Å²) in [6, 6.07) is 23.8. The third kappa shape index (κ3) is 6.35. The quantitative estimate of drug-likeness (QED) is 0.200. The highest BCUT2D eigenvalue weighted by molar-refractivity contribution is 8.19. The van der Waals surface area contributed by atoms with Gasteiger partial charge < -0.3 is 4.74 Å². The molecule has 1 aliphatic heterocycles. The third-order valence-corrected chi connectivity index (χ3v) is 8.57. The van der Waals surface area contributed by atoms with E-state index in [0.29, 0.717) is 47.3 Å². The third-order valence-electron chi connectivity index (χ3n) is 6.20. The van der Waals surface area contributed by atoms with E-state index in [0.717, 1.165) is 22.3 Å². The maximum absolute atomic E-state index is 13.8. The Morgan fingerprint density at radius 2 is 1.57 bits per heavy atom.